The number of fused-ring (bicyclic) bond motifs is 1. The Balaban J connectivity index is 1.60. The number of nitrogens with zero attached hydrogens (tertiary/aromatic N) is 4. The van der Waals surface area contributed by atoms with Gasteiger partial charge in [-0.05, 0) is 44.2 Å². The monoisotopic (exact) mass is 483 g/mol. The molecule has 3 aromatic heterocycles. The molecule has 0 atom stereocenters. The fraction of sp³-hybridized carbons (Fsp3) is 0.136. The first-order chi connectivity index (χ1) is 15.7. The van der Waals surface area contributed by atoms with Crippen LogP contribution in [-0.2, 0) is 0 Å². The maximum atomic E-state index is 13.3. The van der Waals surface area contributed by atoms with Crippen LogP contribution < -0.4 is 16.4 Å². The minimum atomic E-state index is -0.578. The second kappa shape index (κ2) is 9.05. The molecule has 0 aliphatic carbocycles. The molecule has 4 N–H and O–H groups in total. The molecule has 2 amide bonds. The van der Waals surface area contributed by atoms with Crippen LogP contribution in [-0.4, -0.2) is 31.3 Å². The van der Waals surface area contributed by atoms with Gasteiger partial charge in [-0.1, -0.05) is 23.2 Å². The number of benzene rings is 1. The fourth-order valence-corrected chi connectivity index (χ4v) is 3.79. The third-order valence-electron chi connectivity index (χ3n) is 4.88. The van der Waals surface area contributed by atoms with E-state index in [9.17, 15) is 9.59 Å². The SMILES string of the molecule is CC(C)n1cc(C(=O)c2ccnc(NC(=O)Nc3ccc(Cl)cc3Cl)c2)c2c(N)ncnc21. The molecule has 0 spiro atoms. The molecule has 33 heavy (non-hydrogen) atoms. The van der Waals surface area contributed by atoms with Crippen molar-refractivity contribution >= 4 is 63.4 Å². The van der Waals surface area contributed by atoms with E-state index < -0.39 is 6.03 Å². The summed E-state index contributed by atoms with van der Waals surface area (Å²) in [5.41, 5.74) is 7.70. The molecule has 4 rings (SSSR count). The number of pyridine rings is 1. The highest BCUT2D eigenvalue weighted by Gasteiger charge is 2.22. The maximum Gasteiger partial charge on any atom is 0.324 e. The minimum absolute atomic E-state index is 0.0569. The van der Waals surface area contributed by atoms with Crippen molar-refractivity contribution in [2.24, 2.45) is 0 Å². The van der Waals surface area contributed by atoms with Crippen molar-refractivity contribution < 1.29 is 9.59 Å². The number of carbonyl (C=O) groups is 2. The highest BCUT2D eigenvalue weighted by atomic mass is 35.5. The number of hydrogen-bond donors (Lipinski definition) is 3. The standard InChI is InChI=1S/C22H19Cl2N7O2/c1-11(2)31-9-14(18-20(25)27-10-28-21(18)31)19(32)12-5-6-26-17(7-12)30-22(33)29-16-4-3-13(23)8-15(16)24/h3-11H,1-2H3,(H2,25,27,28)(H2,26,29,30,33). The van der Waals surface area contributed by atoms with Gasteiger partial charge in [-0.3, -0.25) is 10.1 Å². The first kappa shape index (κ1) is 22.5. The number of anilines is 3. The van der Waals surface area contributed by atoms with E-state index in [1.807, 2.05) is 18.4 Å². The van der Waals surface area contributed by atoms with Crippen LogP contribution in [0.15, 0.2) is 49.1 Å². The molecule has 0 saturated carbocycles. The number of carbonyl (C=O) groups excluding carboxylic acids is 2. The molecule has 0 radical (unpaired) electrons. The van der Waals surface area contributed by atoms with Crippen molar-refractivity contribution in [3.05, 3.63) is 70.2 Å². The molecule has 0 bridgehead atoms. The van der Waals surface area contributed by atoms with Gasteiger partial charge in [0.2, 0.25) is 0 Å². The zero-order valence-electron chi connectivity index (χ0n) is 17.6. The zero-order chi connectivity index (χ0) is 23.7. The molecule has 9 nitrogen and oxygen atoms in total. The summed E-state index contributed by atoms with van der Waals surface area (Å²) in [7, 11) is 0. The molecule has 4 aromatic rings. The number of hydrogen-bond acceptors (Lipinski definition) is 6. The Hall–Kier alpha value is -3.69. The minimum Gasteiger partial charge on any atom is -0.383 e. The van der Waals surface area contributed by atoms with Crippen LogP contribution in [0.5, 0.6) is 0 Å². The van der Waals surface area contributed by atoms with E-state index in [1.165, 1.54) is 24.7 Å². The molecule has 11 heteroatoms. The third kappa shape index (κ3) is 4.59. The first-order valence-electron chi connectivity index (χ1n) is 9.89. The quantitative estimate of drug-likeness (QED) is 0.335. The van der Waals surface area contributed by atoms with E-state index in [2.05, 4.69) is 25.6 Å². The Morgan fingerprint density at radius 2 is 1.85 bits per heavy atom. The van der Waals surface area contributed by atoms with Crippen molar-refractivity contribution in [1.82, 2.24) is 19.5 Å². The van der Waals surface area contributed by atoms with Crippen LogP contribution in [0.1, 0.15) is 35.8 Å². The lowest BCUT2D eigenvalue weighted by Gasteiger charge is -2.09. The molecular formula is C22H19Cl2N7O2. The first-order valence-corrected chi connectivity index (χ1v) is 10.6. The van der Waals surface area contributed by atoms with Crippen molar-refractivity contribution in [2.45, 2.75) is 19.9 Å². The second-order valence-electron chi connectivity index (χ2n) is 7.46. The summed E-state index contributed by atoms with van der Waals surface area (Å²) in [5.74, 6) is 0.0992. The topological polar surface area (TPSA) is 128 Å². The predicted molar refractivity (Wildman–Crippen MR) is 129 cm³/mol. The molecule has 168 valence electrons. The van der Waals surface area contributed by atoms with Crippen LogP contribution in [0.4, 0.5) is 22.1 Å². The van der Waals surface area contributed by atoms with Gasteiger partial charge in [-0.2, -0.15) is 0 Å². The van der Waals surface area contributed by atoms with Gasteiger partial charge >= 0.3 is 6.03 Å². The molecule has 0 aliphatic rings. The number of halogens is 2. The van der Waals surface area contributed by atoms with Gasteiger partial charge in [-0.25, -0.2) is 19.7 Å². The number of nitrogen functional groups attached to an aromatic ring is 1. The van der Waals surface area contributed by atoms with Crippen LogP contribution in [0.25, 0.3) is 11.0 Å². The molecule has 0 saturated heterocycles. The summed E-state index contributed by atoms with van der Waals surface area (Å²) in [6, 6.07) is 7.20. The summed E-state index contributed by atoms with van der Waals surface area (Å²) < 4.78 is 1.87. The van der Waals surface area contributed by atoms with Crippen LogP contribution in [0, 0.1) is 0 Å². The van der Waals surface area contributed by atoms with E-state index in [1.54, 1.807) is 24.4 Å². The normalized spacial score (nSPS) is 11.1. The number of nitrogens with two attached hydrogens (primary N) is 1. The molecule has 0 aliphatic heterocycles. The van der Waals surface area contributed by atoms with E-state index in [0.717, 1.165) is 0 Å². The highest BCUT2D eigenvalue weighted by molar-refractivity contribution is 6.36. The summed E-state index contributed by atoms with van der Waals surface area (Å²) in [5, 5.41) is 6.42. The lowest BCUT2D eigenvalue weighted by atomic mass is 10.0. The van der Waals surface area contributed by atoms with Crippen LogP contribution in [0.2, 0.25) is 10.0 Å². The molecular weight excluding hydrogens is 465 g/mol. The Labute approximate surface area is 198 Å². The van der Waals surface area contributed by atoms with Gasteiger partial charge in [0.1, 0.15) is 23.6 Å². The number of ketones is 1. The van der Waals surface area contributed by atoms with Gasteiger partial charge in [0.25, 0.3) is 0 Å². The number of aromatic nitrogens is 4. The average molecular weight is 484 g/mol. The van der Waals surface area contributed by atoms with Gasteiger partial charge < -0.3 is 15.6 Å². The molecule has 0 fully saturated rings. The predicted octanol–water partition coefficient (Wildman–Crippen LogP) is 5.17. The molecule has 1 aromatic carbocycles. The second-order valence-corrected chi connectivity index (χ2v) is 8.31. The van der Waals surface area contributed by atoms with Crippen LogP contribution in [0.3, 0.4) is 0 Å². The van der Waals surface area contributed by atoms with Gasteiger partial charge in [0.05, 0.1) is 21.7 Å². The summed E-state index contributed by atoms with van der Waals surface area (Å²) in [6.07, 6.45) is 4.51. The summed E-state index contributed by atoms with van der Waals surface area (Å²) in [4.78, 5) is 38.2. The Bertz CT molecular complexity index is 1380. The fourth-order valence-electron chi connectivity index (χ4n) is 3.33. The van der Waals surface area contributed by atoms with Crippen molar-refractivity contribution in [3.8, 4) is 0 Å². The van der Waals surface area contributed by atoms with E-state index in [-0.39, 0.29) is 28.5 Å². The number of amides is 2. The molecule has 0 unspecified atom stereocenters. The van der Waals surface area contributed by atoms with E-state index >= 15 is 0 Å². The average Bonchev–Trinajstić information content (AvgIpc) is 3.17. The van der Waals surface area contributed by atoms with Gasteiger partial charge in [-0.15, -0.1) is 0 Å². The maximum absolute atomic E-state index is 13.3. The van der Waals surface area contributed by atoms with E-state index in [0.29, 0.717) is 32.9 Å². The van der Waals surface area contributed by atoms with Crippen molar-refractivity contribution in [1.29, 1.82) is 0 Å². The lowest BCUT2D eigenvalue weighted by Crippen LogP contribution is -2.20. The zero-order valence-corrected chi connectivity index (χ0v) is 19.1. The number of urea groups is 1. The van der Waals surface area contributed by atoms with Gasteiger partial charge in [0, 0.05) is 29.0 Å². The number of nitrogens with one attached hydrogen (secondary N) is 2. The number of rotatable bonds is 5. The summed E-state index contributed by atoms with van der Waals surface area (Å²) >= 11 is 12.0. The van der Waals surface area contributed by atoms with Crippen molar-refractivity contribution in [3.63, 3.8) is 0 Å². The Morgan fingerprint density at radius 3 is 2.58 bits per heavy atom. The van der Waals surface area contributed by atoms with Gasteiger partial charge in [0.15, 0.2) is 5.78 Å². The third-order valence-corrected chi connectivity index (χ3v) is 5.43. The summed E-state index contributed by atoms with van der Waals surface area (Å²) in [6.45, 7) is 3.96. The van der Waals surface area contributed by atoms with Crippen molar-refractivity contribution in [2.75, 3.05) is 16.4 Å². The lowest BCUT2D eigenvalue weighted by molar-refractivity contribution is 0.104. The smallest absolute Gasteiger partial charge is 0.324 e. The Morgan fingerprint density at radius 1 is 1.06 bits per heavy atom. The van der Waals surface area contributed by atoms with E-state index in [4.69, 9.17) is 28.9 Å². The molecule has 3 heterocycles. The highest BCUT2D eigenvalue weighted by Crippen LogP contribution is 2.29. The Kier molecular flexibility index (Phi) is 6.17. The largest absolute Gasteiger partial charge is 0.383 e. The van der Waals surface area contributed by atoms with Crippen LogP contribution >= 0.6 is 23.2 Å².